The zero-order valence-electron chi connectivity index (χ0n) is 13.3. The lowest BCUT2D eigenvalue weighted by atomic mass is 9.97. The minimum Gasteiger partial charge on any atom is -0.444 e. The van der Waals surface area contributed by atoms with Crippen molar-refractivity contribution in [3.05, 3.63) is 0 Å². The molecule has 2 atom stereocenters. The molecule has 0 spiro atoms. The molecule has 0 heterocycles. The quantitative estimate of drug-likeness (QED) is 0.687. The summed E-state index contributed by atoms with van der Waals surface area (Å²) in [6.07, 6.45) is -0.246. The second-order valence-electron chi connectivity index (χ2n) is 6.60. The predicted molar refractivity (Wildman–Crippen MR) is 88.1 cm³/mol. The maximum absolute atomic E-state index is 11.8. The van der Waals surface area contributed by atoms with E-state index in [9.17, 15) is 9.90 Å². The SMILES string of the molecule is CC(C)C[C@H](NC(=O)OC(C)(C)C)[C@@H](O)CCC(Cl)(Cl)Cl. The molecule has 0 saturated heterocycles. The van der Waals surface area contributed by atoms with Gasteiger partial charge in [0, 0.05) is 0 Å². The molecule has 2 N–H and O–H groups in total. The molecular weight excluding hydrogens is 337 g/mol. The number of hydrogen-bond donors (Lipinski definition) is 2. The molecule has 0 aliphatic rings. The Kier molecular flexibility index (Phi) is 8.70. The highest BCUT2D eigenvalue weighted by atomic mass is 35.6. The van der Waals surface area contributed by atoms with Gasteiger partial charge in [-0.05, 0) is 46.0 Å². The van der Waals surface area contributed by atoms with Crippen LogP contribution < -0.4 is 5.32 Å². The van der Waals surface area contributed by atoms with Gasteiger partial charge in [-0.2, -0.15) is 0 Å². The summed E-state index contributed by atoms with van der Waals surface area (Å²) in [6, 6.07) is -0.438. The summed E-state index contributed by atoms with van der Waals surface area (Å²) < 4.78 is 3.80. The number of alkyl halides is 3. The first-order valence-corrected chi connectivity index (χ1v) is 8.18. The molecule has 0 aromatic rings. The van der Waals surface area contributed by atoms with Crippen molar-refractivity contribution in [2.75, 3.05) is 0 Å². The number of rotatable bonds is 6. The molecule has 0 radical (unpaired) electrons. The molecule has 0 fully saturated rings. The van der Waals surface area contributed by atoms with Gasteiger partial charge in [0.15, 0.2) is 3.79 Å². The number of carbonyl (C=O) groups is 1. The minimum atomic E-state index is -1.41. The Labute approximate surface area is 142 Å². The number of amides is 1. The highest BCUT2D eigenvalue weighted by molar-refractivity contribution is 6.67. The van der Waals surface area contributed by atoms with Crippen molar-refractivity contribution in [3.63, 3.8) is 0 Å². The second-order valence-corrected chi connectivity index (χ2v) is 9.12. The summed E-state index contributed by atoms with van der Waals surface area (Å²) in [6.45, 7) is 9.35. The number of carbonyl (C=O) groups excluding carboxylic acids is 1. The van der Waals surface area contributed by atoms with Gasteiger partial charge < -0.3 is 15.2 Å². The molecule has 126 valence electrons. The van der Waals surface area contributed by atoms with Crippen molar-refractivity contribution in [1.82, 2.24) is 5.32 Å². The van der Waals surface area contributed by atoms with E-state index in [1.165, 1.54) is 0 Å². The van der Waals surface area contributed by atoms with Crippen molar-refractivity contribution in [2.24, 2.45) is 5.92 Å². The van der Waals surface area contributed by atoms with Crippen LogP contribution in [0.25, 0.3) is 0 Å². The summed E-state index contributed by atoms with van der Waals surface area (Å²) >= 11 is 17.1. The summed E-state index contributed by atoms with van der Waals surface area (Å²) in [7, 11) is 0. The maximum atomic E-state index is 11.8. The average molecular weight is 363 g/mol. The van der Waals surface area contributed by atoms with E-state index in [1.807, 2.05) is 13.8 Å². The number of aliphatic hydroxyl groups excluding tert-OH is 1. The van der Waals surface area contributed by atoms with Crippen LogP contribution in [-0.2, 0) is 4.74 Å². The van der Waals surface area contributed by atoms with E-state index in [-0.39, 0.29) is 12.8 Å². The van der Waals surface area contributed by atoms with E-state index < -0.39 is 27.6 Å². The first-order chi connectivity index (χ1) is 9.30. The Morgan fingerprint density at radius 2 is 1.76 bits per heavy atom. The first kappa shape index (κ1) is 21.1. The van der Waals surface area contributed by atoms with Gasteiger partial charge in [0.25, 0.3) is 0 Å². The summed E-state index contributed by atoms with van der Waals surface area (Å²) in [5, 5.41) is 12.9. The molecule has 0 aliphatic carbocycles. The lowest BCUT2D eigenvalue weighted by molar-refractivity contribution is 0.0391. The Bertz CT molecular complexity index is 324. The molecule has 0 aliphatic heterocycles. The van der Waals surface area contributed by atoms with Crippen molar-refractivity contribution in [3.8, 4) is 0 Å². The maximum Gasteiger partial charge on any atom is 0.407 e. The lowest BCUT2D eigenvalue weighted by Crippen LogP contribution is -2.46. The minimum absolute atomic E-state index is 0.212. The lowest BCUT2D eigenvalue weighted by Gasteiger charge is -2.28. The highest BCUT2D eigenvalue weighted by Gasteiger charge is 2.28. The van der Waals surface area contributed by atoms with Gasteiger partial charge in [-0.25, -0.2) is 4.79 Å². The summed E-state index contributed by atoms with van der Waals surface area (Å²) in [5.74, 6) is 0.298. The van der Waals surface area contributed by atoms with Crippen molar-refractivity contribution < 1.29 is 14.6 Å². The molecule has 0 aromatic carbocycles. The molecule has 1 amide bonds. The third kappa shape index (κ3) is 12.3. The molecule has 0 rings (SSSR count). The van der Waals surface area contributed by atoms with E-state index in [1.54, 1.807) is 20.8 Å². The molecule has 4 nitrogen and oxygen atoms in total. The first-order valence-electron chi connectivity index (χ1n) is 7.04. The van der Waals surface area contributed by atoms with E-state index in [0.29, 0.717) is 12.3 Å². The van der Waals surface area contributed by atoms with Gasteiger partial charge in [0.05, 0.1) is 12.1 Å². The van der Waals surface area contributed by atoms with Gasteiger partial charge in [-0.1, -0.05) is 48.7 Å². The van der Waals surface area contributed by atoms with Crippen LogP contribution in [0.3, 0.4) is 0 Å². The second kappa shape index (κ2) is 8.66. The summed E-state index contributed by atoms with van der Waals surface area (Å²) in [5.41, 5.74) is -0.588. The monoisotopic (exact) mass is 361 g/mol. The van der Waals surface area contributed by atoms with Crippen LogP contribution in [0.2, 0.25) is 0 Å². The van der Waals surface area contributed by atoms with E-state index in [2.05, 4.69) is 5.32 Å². The van der Waals surface area contributed by atoms with Crippen LogP contribution in [0.5, 0.6) is 0 Å². The number of alkyl carbamates (subject to hydrolysis) is 1. The number of aliphatic hydroxyl groups is 1. The Morgan fingerprint density at radius 3 is 2.14 bits per heavy atom. The predicted octanol–water partition coefficient (Wildman–Crippen LogP) is 4.44. The third-order valence-corrected chi connectivity index (χ3v) is 3.18. The fraction of sp³-hybridized carbons (Fsp3) is 0.929. The van der Waals surface area contributed by atoms with E-state index in [0.717, 1.165) is 0 Å². The van der Waals surface area contributed by atoms with Gasteiger partial charge in [-0.3, -0.25) is 0 Å². The fourth-order valence-electron chi connectivity index (χ4n) is 1.79. The van der Waals surface area contributed by atoms with Crippen LogP contribution >= 0.6 is 34.8 Å². The van der Waals surface area contributed by atoms with Gasteiger partial charge in [0.1, 0.15) is 5.60 Å². The Morgan fingerprint density at radius 1 is 1.24 bits per heavy atom. The zero-order valence-corrected chi connectivity index (χ0v) is 15.5. The number of hydrogen-bond acceptors (Lipinski definition) is 3. The number of ether oxygens (including phenoxy) is 1. The average Bonchev–Trinajstić information content (AvgIpc) is 2.20. The third-order valence-electron chi connectivity index (χ3n) is 2.62. The van der Waals surface area contributed by atoms with Gasteiger partial charge in [0.2, 0.25) is 0 Å². The van der Waals surface area contributed by atoms with E-state index in [4.69, 9.17) is 39.5 Å². The molecule has 0 saturated carbocycles. The fourth-order valence-corrected chi connectivity index (χ4v) is 2.12. The Balaban J connectivity index is 4.60. The molecule has 21 heavy (non-hydrogen) atoms. The zero-order chi connectivity index (χ0) is 16.8. The van der Waals surface area contributed by atoms with Crippen LogP contribution in [0.1, 0.15) is 53.9 Å². The normalized spacial score (nSPS) is 15.7. The highest BCUT2D eigenvalue weighted by Crippen LogP contribution is 2.32. The van der Waals surface area contributed by atoms with E-state index >= 15 is 0 Å². The smallest absolute Gasteiger partial charge is 0.407 e. The van der Waals surface area contributed by atoms with Gasteiger partial charge >= 0.3 is 6.09 Å². The number of nitrogens with one attached hydrogen (secondary N) is 1. The Hall–Kier alpha value is 0.1000. The standard InChI is InChI=1S/C14H26Cl3NO3/c1-9(2)8-10(11(19)6-7-14(15,16)17)18-12(20)21-13(3,4)5/h9-11,19H,6-8H2,1-5H3,(H,18,20)/t10-,11-/m0/s1. The van der Waals surface area contributed by atoms with Crippen LogP contribution in [0.15, 0.2) is 0 Å². The molecule has 0 aromatic heterocycles. The van der Waals surface area contributed by atoms with Crippen LogP contribution in [0.4, 0.5) is 4.79 Å². The van der Waals surface area contributed by atoms with Crippen molar-refractivity contribution in [1.29, 1.82) is 0 Å². The van der Waals surface area contributed by atoms with Crippen molar-refractivity contribution in [2.45, 2.75) is 75.4 Å². The van der Waals surface area contributed by atoms with Gasteiger partial charge in [-0.15, -0.1) is 0 Å². The number of halogens is 3. The largest absolute Gasteiger partial charge is 0.444 e. The molecule has 0 bridgehead atoms. The molecular formula is C14H26Cl3NO3. The van der Waals surface area contributed by atoms with Crippen LogP contribution in [0, 0.1) is 5.92 Å². The van der Waals surface area contributed by atoms with Crippen molar-refractivity contribution >= 4 is 40.9 Å². The van der Waals surface area contributed by atoms with Crippen LogP contribution in [-0.4, -0.2) is 32.7 Å². The molecule has 0 unspecified atom stereocenters. The molecule has 7 heteroatoms. The topological polar surface area (TPSA) is 58.6 Å². The summed E-state index contributed by atoms with van der Waals surface area (Å²) in [4.78, 5) is 11.8.